The number of hydrogen-bond acceptors (Lipinski definition) is 3. The van der Waals surface area contributed by atoms with E-state index in [0.717, 1.165) is 18.1 Å². The highest BCUT2D eigenvalue weighted by Gasteiger charge is 2.10. The Bertz CT molecular complexity index is 425. The van der Waals surface area contributed by atoms with Crippen LogP contribution in [0, 0.1) is 11.8 Å². The Morgan fingerprint density at radius 2 is 2.25 bits per heavy atom. The van der Waals surface area contributed by atoms with E-state index in [9.17, 15) is 0 Å². The first kappa shape index (κ1) is 10.6. The van der Waals surface area contributed by atoms with Crippen molar-refractivity contribution < 1.29 is 0 Å². The third-order valence-electron chi connectivity index (χ3n) is 2.26. The lowest BCUT2D eigenvalue weighted by molar-refractivity contribution is 0.718. The van der Waals surface area contributed by atoms with Crippen molar-refractivity contribution in [3.05, 3.63) is 35.9 Å². The molecule has 0 spiro atoms. The van der Waals surface area contributed by atoms with Crippen LogP contribution in [-0.4, -0.2) is 25.1 Å². The van der Waals surface area contributed by atoms with Crippen molar-refractivity contribution in [3.8, 4) is 11.8 Å². The van der Waals surface area contributed by atoms with Gasteiger partial charge in [0.15, 0.2) is 5.96 Å². The number of nitrogens with zero attached hydrogens (tertiary/aromatic N) is 1. The van der Waals surface area contributed by atoms with Crippen LogP contribution in [0.4, 0.5) is 0 Å². The van der Waals surface area contributed by atoms with Gasteiger partial charge in [-0.05, 0) is 19.1 Å². The zero-order chi connectivity index (χ0) is 11.2. The summed E-state index contributed by atoms with van der Waals surface area (Å²) in [6, 6.07) is 10.4. The van der Waals surface area contributed by atoms with Crippen LogP contribution in [0.2, 0.25) is 0 Å². The fourth-order valence-corrected chi connectivity index (χ4v) is 1.46. The summed E-state index contributed by atoms with van der Waals surface area (Å²) in [5.41, 5.74) is 1.04. The van der Waals surface area contributed by atoms with E-state index in [1.807, 2.05) is 30.3 Å². The highest BCUT2D eigenvalue weighted by atomic mass is 15.2. The van der Waals surface area contributed by atoms with Gasteiger partial charge in [-0.2, -0.15) is 0 Å². The van der Waals surface area contributed by atoms with Crippen molar-refractivity contribution in [1.29, 1.82) is 0 Å². The Labute approximate surface area is 96.0 Å². The highest BCUT2D eigenvalue weighted by molar-refractivity contribution is 5.81. The number of benzene rings is 1. The molecule has 1 aliphatic rings. The zero-order valence-corrected chi connectivity index (χ0v) is 9.33. The van der Waals surface area contributed by atoms with Gasteiger partial charge in [-0.1, -0.05) is 30.0 Å². The second kappa shape index (κ2) is 5.22. The number of nitrogens with one attached hydrogen (secondary N) is 2. The smallest absolute Gasteiger partial charge is 0.192 e. The molecule has 0 saturated heterocycles. The van der Waals surface area contributed by atoms with Gasteiger partial charge in [0, 0.05) is 11.6 Å². The van der Waals surface area contributed by atoms with Gasteiger partial charge >= 0.3 is 0 Å². The minimum absolute atomic E-state index is 0.435. The van der Waals surface area contributed by atoms with Gasteiger partial charge < -0.3 is 10.6 Å². The van der Waals surface area contributed by atoms with Crippen molar-refractivity contribution in [3.63, 3.8) is 0 Å². The molecule has 1 aromatic rings. The Morgan fingerprint density at radius 1 is 1.44 bits per heavy atom. The van der Waals surface area contributed by atoms with Crippen molar-refractivity contribution in [1.82, 2.24) is 10.6 Å². The molecule has 3 nitrogen and oxygen atoms in total. The first-order chi connectivity index (χ1) is 7.84. The molecule has 0 aliphatic carbocycles. The molecule has 82 valence electrons. The average Bonchev–Trinajstić information content (AvgIpc) is 2.72. The number of rotatable bonds is 1. The summed E-state index contributed by atoms with van der Waals surface area (Å²) in [7, 11) is 0. The lowest BCUT2D eigenvalue weighted by Gasteiger charge is -2.05. The quantitative estimate of drug-likeness (QED) is 0.682. The van der Waals surface area contributed by atoms with Crippen molar-refractivity contribution in [2.45, 2.75) is 13.0 Å². The first-order valence-corrected chi connectivity index (χ1v) is 5.43. The van der Waals surface area contributed by atoms with Crippen molar-refractivity contribution in [2.24, 2.45) is 4.99 Å². The van der Waals surface area contributed by atoms with Crippen LogP contribution in [-0.2, 0) is 0 Å². The number of aliphatic imine (C=N–C) groups is 1. The van der Waals surface area contributed by atoms with E-state index < -0.39 is 0 Å². The summed E-state index contributed by atoms with van der Waals surface area (Å²) < 4.78 is 0. The summed E-state index contributed by atoms with van der Waals surface area (Å²) >= 11 is 0. The highest BCUT2D eigenvalue weighted by Crippen LogP contribution is 1.94. The molecule has 1 aromatic carbocycles. The van der Waals surface area contributed by atoms with Gasteiger partial charge in [0.05, 0.1) is 13.1 Å². The Balaban J connectivity index is 1.79. The summed E-state index contributed by atoms with van der Waals surface area (Å²) in [5, 5.41) is 6.37. The molecule has 0 radical (unpaired) electrons. The molecule has 0 aromatic heterocycles. The van der Waals surface area contributed by atoms with E-state index in [1.165, 1.54) is 0 Å². The van der Waals surface area contributed by atoms with E-state index in [1.54, 1.807) is 0 Å². The van der Waals surface area contributed by atoms with Crippen molar-refractivity contribution in [2.75, 3.05) is 13.1 Å². The Morgan fingerprint density at radius 3 is 2.94 bits per heavy atom. The summed E-state index contributed by atoms with van der Waals surface area (Å²) in [6.07, 6.45) is 0. The van der Waals surface area contributed by atoms with Gasteiger partial charge in [-0.25, -0.2) is 0 Å². The number of hydrogen-bond donors (Lipinski definition) is 2. The SMILES string of the molecule is CC1CN=C(NCC#Cc2ccccc2)N1. The zero-order valence-electron chi connectivity index (χ0n) is 9.33. The van der Waals surface area contributed by atoms with Crippen LogP contribution in [0.15, 0.2) is 35.3 Å². The molecule has 0 saturated carbocycles. The van der Waals surface area contributed by atoms with Gasteiger partial charge in [-0.3, -0.25) is 4.99 Å². The first-order valence-electron chi connectivity index (χ1n) is 5.43. The summed E-state index contributed by atoms with van der Waals surface area (Å²) in [6.45, 7) is 3.57. The predicted octanol–water partition coefficient (Wildman–Crippen LogP) is 0.975. The minimum atomic E-state index is 0.435. The minimum Gasteiger partial charge on any atom is -0.352 e. The molecule has 2 N–H and O–H groups in total. The third-order valence-corrected chi connectivity index (χ3v) is 2.26. The number of guanidine groups is 1. The Kier molecular flexibility index (Phi) is 3.45. The maximum absolute atomic E-state index is 4.29. The third kappa shape index (κ3) is 3.03. The summed E-state index contributed by atoms with van der Waals surface area (Å²) in [5.74, 6) is 7.00. The lowest BCUT2D eigenvalue weighted by atomic mass is 10.2. The van der Waals surface area contributed by atoms with E-state index >= 15 is 0 Å². The topological polar surface area (TPSA) is 36.4 Å². The van der Waals surface area contributed by atoms with E-state index in [4.69, 9.17) is 0 Å². The van der Waals surface area contributed by atoms with Gasteiger partial charge in [0.25, 0.3) is 0 Å². The van der Waals surface area contributed by atoms with Crippen LogP contribution in [0.5, 0.6) is 0 Å². The van der Waals surface area contributed by atoms with Gasteiger partial charge in [0.1, 0.15) is 0 Å². The van der Waals surface area contributed by atoms with Gasteiger partial charge in [-0.15, -0.1) is 0 Å². The maximum Gasteiger partial charge on any atom is 0.192 e. The molecule has 0 amide bonds. The van der Waals surface area contributed by atoms with Crippen LogP contribution in [0.3, 0.4) is 0 Å². The molecule has 1 unspecified atom stereocenters. The second-order valence-electron chi connectivity index (χ2n) is 3.76. The molecule has 0 fully saturated rings. The summed E-state index contributed by atoms with van der Waals surface area (Å²) in [4.78, 5) is 4.29. The van der Waals surface area contributed by atoms with Gasteiger partial charge in [0.2, 0.25) is 0 Å². The normalized spacial score (nSPS) is 18.1. The second-order valence-corrected chi connectivity index (χ2v) is 3.76. The molecule has 1 heterocycles. The fraction of sp³-hybridized carbons (Fsp3) is 0.308. The molecular weight excluding hydrogens is 198 g/mol. The Hall–Kier alpha value is -1.95. The van der Waals surface area contributed by atoms with Crippen LogP contribution in [0.1, 0.15) is 12.5 Å². The monoisotopic (exact) mass is 213 g/mol. The van der Waals surface area contributed by atoms with E-state index in [0.29, 0.717) is 12.6 Å². The molecule has 2 rings (SSSR count). The standard InChI is InChI=1S/C13H15N3/c1-11-10-15-13(16-11)14-9-5-8-12-6-3-2-4-7-12/h2-4,6-7,11H,9-10H2,1H3,(H2,14,15,16). The molecule has 0 bridgehead atoms. The molecule has 1 aliphatic heterocycles. The molecule has 1 atom stereocenters. The molecule has 3 heteroatoms. The average molecular weight is 213 g/mol. The fourth-order valence-electron chi connectivity index (χ4n) is 1.46. The molecule has 16 heavy (non-hydrogen) atoms. The van der Waals surface area contributed by atoms with E-state index in [2.05, 4.69) is 34.4 Å². The molecular formula is C13H15N3. The van der Waals surface area contributed by atoms with Crippen LogP contribution < -0.4 is 10.6 Å². The predicted molar refractivity (Wildman–Crippen MR) is 66.2 cm³/mol. The largest absolute Gasteiger partial charge is 0.352 e. The van der Waals surface area contributed by atoms with Crippen LogP contribution >= 0.6 is 0 Å². The van der Waals surface area contributed by atoms with E-state index in [-0.39, 0.29) is 0 Å². The maximum atomic E-state index is 4.29. The van der Waals surface area contributed by atoms with Crippen molar-refractivity contribution >= 4 is 5.96 Å². The lowest BCUT2D eigenvalue weighted by Crippen LogP contribution is -2.37. The van der Waals surface area contributed by atoms with Crippen LogP contribution in [0.25, 0.3) is 0 Å².